The first-order valence-corrected chi connectivity index (χ1v) is 7.94. The maximum absolute atomic E-state index is 3.81. The largest absolute Gasteiger partial charge is 0.313 e. The molecule has 3 unspecified atom stereocenters. The normalized spacial score (nSPS) is 16.8. The van der Waals surface area contributed by atoms with Crippen molar-refractivity contribution in [2.75, 3.05) is 6.54 Å². The maximum Gasteiger partial charge on any atom is 0.0121 e. The summed E-state index contributed by atoms with van der Waals surface area (Å²) in [7, 11) is 0. The molecule has 0 saturated carbocycles. The number of nitrogens with one attached hydrogen (secondary N) is 1. The van der Waals surface area contributed by atoms with Crippen LogP contribution in [0.25, 0.3) is 0 Å². The van der Waals surface area contributed by atoms with E-state index in [9.17, 15) is 0 Å². The van der Waals surface area contributed by atoms with Crippen molar-refractivity contribution in [1.29, 1.82) is 0 Å². The maximum atomic E-state index is 3.81. The molecule has 17 heavy (non-hydrogen) atoms. The summed E-state index contributed by atoms with van der Waals surface area (Å²) in [5, 5.41) is 3.81. The fourth-order valence-corrected chi connectivity index (χ4v) is 2.88. The lowest BCUT2D eigenvalue weighted by atomic mass is 9.82. The molecule has 3 atom stereocenters. The lowest BCUT2D eigenvalue weighted by molar-refractivity contribution is 0.237. The summed E-state index contributed by atoms with van der Waals surface area (Å²) in [6.45, 7) is 12.9. The molecule has 0 aromatic carbocycles. The Labute approximate surface area is 110 Å². The van der Waals surface area contributed by atoms with Crippen molar-refractivity contribution in [3.63, 3.8) is 0 Å². The predicted octanol–water partition coefficient (Wildman–Crippen LogP) is 5.01. The molecular weight excluding hydrogens is 206 g/mol. The number of unbranched alkanes of at least 4 members (excludes halogenated alkanes) is 1. The number of hydrogen-bond donors (Lipinski definition) is 1. The Kier molecular flexibility index (Phi) is 11.0. The van der Waals surface area contributed by atoms with Crippen LogP contribution in [0, 0.1) is 11.8 Å². The molecule has 1 heteroatoms. The molecule has 0 rings (SSSR count). The lowest BCUT2D eigenvalue weighted by Gasteiger charge is -2.32. The topological polar surface area (TPSA) is 12.0 Å². The first-order valence-electron chi connectivity index (χ1n) is 7.94. The molecule has 1 N–H and O–H groups in total. The zero-order valence-electron chi connectivity index (χ0n) is 12.9. The highest BCUT2D eigenvalue weighted by Crippen LogP contribution is 2.25. The van der Waals surface area contributed by atoms with Crippen LogP contribution in [0.3, 0.4) is 0 Å². The van der Waals surface area contributed by atoms with Gasteiger partial charge in [-0.25, -0.2) is 0 Å². The molecule has 0 radical (unpaired) electrons. The van der Waals surface area contributed by atoms with Crippen molar-refractivity contribution < 1.29 is 0 Å². The average molecular weight is 241 g/mol. The van der Waals surface area contributed by atoms with Gasteiger partial charge in [-0.15, -0.1) is 0 Å². The Hall–Kier alpha value is -0.0400. The van der Waals surface area contributed by atoms with Gasteiger partial charge in [-0.2, -0.15) is 0 Å². The van der Waals surface area contributed by atoms with Crippen molar-refractivity contribution in [3.05, 3.63) is 0 Å². The van der Waals surface area contributed by atoms with Crippen molar-refractivity contribution >= 4 is 0 Å². The highest BCUT2D eigenvalue weighted by atomic mass is 14.9. The molecule has 0 spiro atoms. The third-order valence-electron chi connectivity index (χ3n) is 3.95. The molecule has 0 saturated heterocycles. The monoisotopic (exact) mass is 241 g/mol. The Morgan fingerprint density at radius 1 is 0.882 bits per heavy atom. The van der Waals surface area contributed by atoms with E-state index in [1.807, 2.05) is 0 Å². The summed E-state index contributed by atoms with van der Waals surface area (Å²) in [5.74, 6) is 1.71. The zero-order valence-corrected chi connectivity index (χ0v) is 12.9. The molecule has 0 aliphatic heterocycles. The van der Waals surface area contributed by atoms with E-state index < -0.39 is 0 Å². The fourth-order valence-electron chi connectivity index (χ4n) is 2.88. The summed E-state index contributed by atoms with van der Waals surface area (Å²) in [6.07, 6.45) is 9.39. The second-order valence-corrected chi connectivity index (χ2v) is 5.56. The minimum atomic E-state index is 0.742. The molecule has 0 aromatic rings. The van der Waals surface area contributed by atoms with Crippen LogP contribution in [0.4, 0.5) is 0 Å². The molecule has 0 aromatic heterocycles. The molecule has 0 heterocycles. The highest BCUT2D eigenvalue weighted by molar-refractivity contribution is 4.80. The van der Waals surface area contributed by atoms with E-state index in [0.29, 0.717) is 0 Å². The minimum absolute atomic E-state index is 0.742. The SMILES string of the molecule is CCCCC(CC)C(NCCC)C(C)CCC. The third kappa shape index (κ3) is 7.08. The van der Waals surface area contributed by atoms with E-state index in [0.717, 1.165) is 17.9 Å². The third-order valence-corrected chi connectivity index (χ3v) is 3.95. The van der Waals surface area contributed by atoms with Crippen LogP contribution >= 0.6 is 0 Å². The van der Waals surface area contributed by atoms with Crippen LogP contribution in [0.1, 0.15) is 79.6 Å². The molecule has 0 fully saturated rings. The Morgan fingerprint density at radius 3 is 2.06 bits per heavy atom. The second kappa shape index (κ2) is 11.1. The smallest absolute Gasteiger partial charge is 0.0121 e. The summed E-state index contributed by atoms with van der Waals surface area (Å²) in [5.41, 5.74) is 0. The summed E-state index contributed by atoms with van der Waals surface area (Å²) in [4.78, 5) is 0. The van der Waals surface area contributed by atoms with E-state index in [-0.39, 0.29) is 0 Å². The highest BCUT2D eigenvalue weighted by Gasteiger charge is 2.23. The van der Waals surface area contributed by atoms with E-state index >= 15 is 0 Å². The Balaban J connectivity index is 4.37. The second-order valence-electron chi connectivity index (χ2n) is 5.56. The molecule has 104 valence electrons. The van der Waals surface area contributed by atoms with Gasteiger partial charge in [0.05, 0.1) is 0 Å². The Bertz CT molecular complexity index is 156. The summed E-state index contributed by atoms with van der Waals surface area (Å²) >= 11 is 0. The van der Waals surface area contributed by atoms with Crippen LogP contribution in [0.2, 0.25) is 0 Å². The number of hydrogen-bond acceptors (Lipinski definition) is 1. The van der Waals surface area contributed by atoms with Gasteiger partial charge in [0.15, 0.2) is 0 Å². The van der Waals surface area contributed by atoms with Gasteiger partial charge in [0.25, 0.3) is 0 Å². The van der Waals surface area contributed by atoms with E-state index in [1.54, 1.807) is 0 Å². The van der Waals surface area contributed by atoms with Gasteiger partial charge in [-0.3, -0.25) is 0 Å². The molecule has 0 bridgehead atoms. The van der Waals surface area contributed by atoms with E-state index in [1.165, 1.54) is 51.5 Å². The predicted molar refractivity (Wildman–Crippen MR) is 79.5 cm³/mol. The van der Waals surface area contributed by atoms with Gasteiger partial charge in [0.2, 0.25) is 0 Å². The van der Waals surface area contributed by atoms with Gasteiger partial charge in [-0.05, 0) is 37.6 Å². The van der Waals surface area contributed by atoms with Gasteiger partial charge in [0.1, 0.15) is 0 Å². The van der Waals surface area contributed by atoms with Crippen molar-refractivity contribution in [1.82, 2.24) is 5.32 Å². The zero-order chi connectivity index (χ0) is 13.1. The molecule has 0 aliphatic rings. The van der Waals surface area contributed by atoms with Crippen molar-refractivity contribution in [2.45, 2.75) is 85.6 Å². The standard InChI is InChI=1S/C16H35N/c1-6-10-12-15(9-4)16(17-13-8-3)14(5)11-7-2/h14-17H,6-13H2,1-5H3. The minimum Gasteiger partial charge on any atom is -0.313 e. The quantitative estimate of drug-likeness (QED) is 0.536. The van der Waals surface area contributed by atoms with Gasteiger partial charge >= 0.3 is 0 Å². The molecule has 0 aliphatic carbocycles. The Morgan fingerprint density at radius 2 is 1.59 bits per heavy atom. The summed E-state index contributed by atoms with van der Waals surface area (Å²) < 4.78 is 0. The van der Waals surface area contributed by atoms with Crippen LogP contribution in [0.5, 0.6) is 0 Å². The van der Waals surface area contributed by atoms with Crippen molar-refractivity contribution in [3.8, 4) is 0 Å². The van der Waals surface area contributed by atoms with Crippen molar-refractivity contribution in [2.24, 2.45) is 11.8 Å². The van der Waals surface area contributed by atoms with Crippen LogP contribution < -0.4 is 5.32 Å². The fraction of sp³-hybridized carbons (Fsp3) is 1.00. The summed E-state index contributed by atoms with van der Waals surface area (Å²) in [6, 6.07) is 0.742. The first-order chi connectivity index (χ1) is 8.21. The van der Waals surface area contributed by atoms with E-state index in [2.05, 4.69) is 39.9 Å². The van der Waals surface area contributed by atoms with Crippen LogP contribution in [-0.2, 0) is 0 Å². The van der Waals surface area contributed by atoms with Gasteiger partial charge in [0, 0.05) is 6.04 Å². The number of rotatable bonds is 11. The van der Waals surface area contributed by atoms with Gasteiger partial charge < -0.3 is 5.32 Å². The molecule has 1 nitrogen and oxygen atoms in total. The van der Waals surface area contributed by atoms with Crippen LogP contribution in [-0.4, -0.2) is 12.6 Å². The molecule has 0 amide bonds. The average Bonchev–Trinajstić information content (AvgIpc) is 2.33. The van der Waals surface area contributed by atoms with Gasteiger partial charge in [-0.1, -0.05) is 60.3 Å². The first kappa shape index (κ1) is 17.0. The van der Waals surface area contributed by atoms with Crippen LogP contribution in [0.15, 0.2) is 0 Å². The van der Waals surface area contributed by atoms with E-state index in [4.69, 9.17) is 0 Å². The lowest BCUT2D eigenvalue weighted by Crippen LogP contribution is -2.41. The molecular formula is C16H35N.